The molecule has 7 heteroatoms. The number of aromatic amines is 1. The van der Waals surface area contributed by atoms with Crippen LogP contribution in [-0.4, -0.2) is 34.0 Å². The zero-order valence-corrected chi connectivity index (χ0v) is 13.0. The molecule has 1 unspecified atom stereocenters. The quantitative estimate of drug-likeness (QED) is 0.744. The van der Waals surface area contributed by atoms with Gasteiger partial charge in [-0.05, 0) is 25.2 Å². The second kappa shape index (κ2) is 6.16. The summed E-state index contributed by atoms with van der Waals surface area (Å²) in [5, 5.41) is 12.6. The van der Waals surface area contributed by atoms with Gasteiger partial charge in [-0.2, -0.15) is 0 Å². The molecule has 1 aliphatic heterocycles. The van der Waals surface area contributed by atoms with Gasteiger partial charge in [-0.25, -0.2) is 4.79 Å². The molecule has 0 amide bonds. The lowest BCUT2D eigenvalue weighted by molar-refractivity contribution is 0.273. The molecule has 0 saturated heterocycles. The van der Waals surface area contributed by atoms with Gasteiger partial charge in [0.05, 0.1) is 13.2 Å². The van der Waals surface area contributed by atoms with Gasteiger partial charge in [0.15, 0.2) is 0 Å². The molecule has 122 valence electrons. The first-order chi connectivity index (χ1) is 10.7. The van der Waals surface area contributed by atoms with Crippen molar-refractivity contribution in [3.05, 3.63) is 20.8 Å². The molecule has 1 aliphatic carbocycles. The van der Waals surface area contributed by atoms with Crippen molar-refractivity contribution in [1.29, 1.82) is 0 Å². The van der Waals surface area contributed by atoms with E-state index < -0.39 is 5.69 Å². The van der Waals surface area contributed by atoms with E-state index in [4.69, 9.17) is 0 Å². The number of nitrogens with zero attached hydrogens (tertiary/aromatic N) is 2. The fourth-order valence-corrected chi connectivity index (χ4v) is 3.78. The second-order valence-electron chi connectivity index (χ2n) is 6.16. The molecule has 0 aromatic carbocycles. The third-order valence-corrected chi connectivity index (χ3v) is 4.71. The third-order valence-electron chi connectivity index (χ3n) is 4.71. The molecule has 3 rings (SSSR count). The van der Waals surface area contributed by atoms with Crippen LogP contribution < -0.4 is 21.5 Å². The Morgan fingerprint density at radius 1 is 1.23 bits per heavy atom. The van der Waals surface area contributed by atoms with Crippen molar-refractivity contribution in [3.8, 4) is 0 Å². The highest BCUT2D eigenvalue weighted by Gasteiger charge is 2.38. The Bertz CT molecular complexity index is 645. The fourth-order valence-electron chi connectivity index (χ4n) is 3.78. The lowest BCUT2D eigenvalue weighted by Gasteiger charge is -2.31. The Balaban J connectivity index is 2.08. The number of hydrogen-bond donors (Lipinski definition) is 3. The van der Waals surface area contributed by atoms with E-state index in [1.54, 1.807) is 0 Å². The van der Waals surface area contributed by atoms with E-state index in [1.807, 2.05) is 0 Å². The van der Waals surface area contributed by atoms with Crippen LogP contribution in [0.5, 0.6) is 0 Å². The van der Waals surface area contributed by atoms with E-state index in [1.165, 1.54) is 17.4 Å². The Labute approximate surface area is 129 Å². The van der Waals surface area contributed by atoms with Crippen LogP contribution in [0.3, 0.4) is 0 Å². The molecule has 1 aromatic heterocycles. The van der Waals surface area contributed by atoms with Crippen molar-refractivity contribution in [1.82, 2.24) is 9.55 Å². The molecule has 1 fully saturated rings. The molecule has 2 heterocycles. The molecule has 2 aliphatic rings. The Hall–Kier alpha value is -1.76. The minimum atomic E-state index is -0.451. The average Bonchev–Trinajstić information content (AvgIpc) is 3.11. The standard InChI is InChI=1S/C15H24N4O3/c1-2-7-18-12(10-5-3-4-6-10)16-11-13(21)17-15(22)19(8-9-20)14(11)18/h10,12,16,20H,2-9H2,1H3,(H,17,21,22). The Morgan fingerprint density at radius 3 is 2.59 bits per heavy atom. The summed E-state index contributed by atoms with van der Waals surface area (Å²) in [6.45, 7) is 2.94. The number of anilines is 2. The van der Waals surface area contributed by atoms with Crippen LogP contribution in [0, 0.1) is 5.92 Å². The molecule has 3 N–H and O–H groups in total. The lowest BCUT2D eigenvalue weighted by Crippen LogP contribution is -2.43. The predicted octanol–water partition coefficient (Wildman–Crippen LogP) is 0.687. The van der Waals surface area contributed by atoms with Gasteiger partial charge >= 0.3 is 5.69 Å². The summed E-state index contributed by atoms with van der Waals surface area (Å²) < 4.78 is 1.48. The van der Waals surface area contributed by atoms with E-state index in [2.05, 4.69) is 22.1 Å². The topological polar surface area (TPSA) is 90.4 Å². The van der Waals surface area contributed by atoms with Crippen molar-refractivity contribution in [2.45, 2.75) is 51.7 Å². The van der Waals surface area contributed by atoms with Crippen LogP contribution in [-0.2, 0) is 6.54 Å². The van der Waals surface area contributed by atoms with Gasteiger partial charge < -0.3 is 15.3 Å². The highest BCUT2D eigenvalue weighted by atomic mass is 16.3. The minimum absolute atomic E-state index is 0.0743. The molecule has 0 spiro atoms. The second-order valence-corrected chi connectivity index (χ2v) is 6.16. The van der Waals surface area contributed by atoms with Crippen LogP contribution in [0.15, 0.2) is 9.59 Å². The van der Waals surface area contributed by atoms with Crippen LogP contribution in [0.4, 0.5) is 11.5 Å². The number of fused-ring (bicyclic) bond motifs is 1. The van der Waals surface area contributed by atoms with Crippen molar-refractivity contribution in [2.24, 2.45) is 5.92 Å². The maximum Gasteiger partial charge on any atom is 0.330 e. The lowest BCUT2D eigenvalue weighted by atomic mass is 10.0. The summed E-state index contributed by atoms with van der Waals surface area (Å²) in [5.41, 5.74) is -0.345. The monoisotopic (exact) mass is 308 g/mol. The van der Waals surface area contributed by atoms with Crippen molar-refractivity contribution >= 4 is 11.5 Å². The SMILES string of the molecule is CCCN1c2c(c(=O)[nH]c(=O)n2CCO)NC1C1CCCC1. The normalized spacial score (nSPS) is 21.2. The molecule has 0 bridgehead atoms. The Morgan fingerprint density at radius 2 is 1.95 bits per heavy atom. The number of rotatable bonds is 5. The molecule has 22 heavy (non-hydrogen) atoms. The average molecular weight is 308 g/mol. The summed E-state index contributed by atoms with van der Waals surface area (Å²) in [4.78, 5) is 28.8. The number of hydrogen-bond acceptors (Lipinski definition) is 5. The van der Waals surface area contributed by atoms with Crippen molar-refractivity contribution < 1.29 is 5.11 Å². The van der Waals surface area contributed by atoms with E-state index in [9.17, 15) is 14.7 Å². The number of aliphatic hydroxyl groups excluding tert-OH is 1. The van der Waals surface area contributed by atoms with Gasteiger partial charge in [0.25, 0.3) is 5.56 Å². The number of H-pyrrole nitrogens is 1. The maximum absolute atomic E-state index is 12.2. The molecular weight excluding hydrogens is 284 g/mol. The maximum atomic E-state index is 12.2. The molecule has 1 aromatic rings. The Kier molecular flexibility index (Phi) is 4.24. The van der Waals surface area contributed by atoms with Crippen LogP contribution in [0.2, 0.25) is 0 Å². The summed E-state index contributed by atoms with van der Waals surface area (Å²) in [6, 6.07) is 0. The summed E-state index contributed by atoms with van der Waals surface area (Å²) in [7, 11) is 0. The van der Waals surface area contributed by atoms with Crippen LogP contribution >= 0.6 is 0 Å². The first-order valence-electron chi connectivity index (χ1n) is 8.18. The highest BCUT2D eigenvalue weighted by Crippen LogP contribution is 2.39. The largest absolute Gasteiger partial charge is 0.395 e. The molecule has 7 nitrogen and oxygen atoms in total. The first-order valence-corrected chi connectivity index (χ1v) is 8.18. The summed E-state index contributed by atoms with van der Waals surface area (Å²) in [5.74, 6) is 1.14. The van der Waals surface area contributed by atoms with Gasteiger partial charge in [0, 0.05) is 6.54 Å². The summed E-state index contributed by atoms with van der Waals surface area (Å²) >= 11 is 0. The minimum Gasteiger partial charge on any atom is -0.395 e. The van der Waals surface area contributed by atoms with Gasteiger partial charge in [0.2, 0.25) is 0 Å². The summed E-state index contributed by atoms with van der Waals surface area (Å²) in [6.07, 6.45) is 5.75. The van der Waals surface area contributed by atoms with Gasteiger partial charge in [-0.3, -0.25) is 14.3 Å². The first kappa shape index (κ1) is 15.1. The van der Waals surface area contributed by atoms with Gasteiger partial charge in [-0.15, -0.1) is 0 Å². The molecule has 0 radical (unpaired) electrons. The van der Waals surface area contributed by atoms with Gasteiger partial charge in [0.1, 0.15) is 17.7 Å². The fraction of sp³-hybridized carbons (Fsp3) is 0.733. The zero-order valence-electron chi connectivity index (χ0n) is 13.0. The highest BCUT2D eigenvalue weighted by molar-refractivity contribution is 5.71. The van der Waals surface area contributed by atoms with Gasteiger partial charge in [-0.1, -0.05) is 19.8 Å². The van der Waals surface area contributed by atoms with E-state index in [0.29, 0.717) is 17.4 Å². The van der Waals surface area contributed by atoms with Crippen molar-refractivity contribution in [3.63, 3.8) is 0 Å². The molecule has 1 atom stereocenters. The van der Waals surface area contributed by atoms with E-state index >= 15 is 0 Å². The zero-order chi connectivity index (χ0) is 15.7. The van der Waals surface area contributed by atoms with Crippen molar-refractivity contribution in [2.75, 3.05) is 23.4 Å². The third kappa shape index (κ3) is 2.43. The molecule has 1 saturated carbocycles. The van der Waals surface area contributed by atoms with Crippen LogP contribution in [0.25, 0.3) is 0 Å². The van der Waals surface area contributed by atoms with E-state index in [-0.39, 0.29) is 24.9 Å². The number of nitrogens with one attached hydrogen (secondary N) is 2. The number of aliphatic hydroxyl groups is 1. The predicted molar refractivity (Wildman–Crippen MR) is 85.4 cm³/mol. The smallest absolute Gasteiger partial charge is 0.330 e. The number of aromatic nitrogens is 2. The van der Waals surface area contributed by atoms with E-state index in [0.717, 1.165) is 25.8 Å². The van der Waals surface area contributed by atoms with Crippen LogP contribution in [0.1, 0.15) is 39.0 Å². The molecular formula is C15H24N4O3.